The van der Waals surface area contributed by atoms with Crippen LogP contribution >= 0.6 is 0 Å². The molecule has 0 saturated carbocycles. The summed E-state index contributed by atoms with van der Waals surface area (Å²) in [6, 6.07) is 4.65. The van der Waals surface area contributed by atoms with Crippen molar-refractivity contribution >= 4 is 11.6 Å². The summed E-state index contributed by atoms with van der Waals surface area (Å²) in [6.45, 7) is 4.13. The Morgan fingerprint density at radius 1 is 1.50 bits per heavy atom. The first kappa shape index (κ1) is 11.5. The fourth-order valence-corrected chi connectivity index (χ4v) is 2.64. The van der Waals surface area contributed by atoms with Crippen molar-refractivity contribution in [2.45, 2.75) is 25.8 Å². The van der Waals surface area contributed by atoms with E-state index >= 15 is 0 Å². The van der Waals surface area contributed by atoms with Crippen molar-refractivity contribution in [3.8, 4) is 0 Å². The number of pyridine rings is 1. The maximum absolute atomic E-state index is 4.64. The highest BCUT2D eigenvalue weighted by atomic mass is 15.4. The molecule has 3 heterocycles. The quantitative estimate of drug-likeness (QED) is 0.883. The molecule has 2 aromatic rings. The molecular weight excluding hydrogens is 226 g/mol. The summed E-state index contributed by atoms with van der Waals surface area (Å²) in [5.74, 6) is 0.860. The smallest absolute Gasteiger partial charge is 0.245 e. The topological polar surface area (TPSA) is 45.5 Å². The highest BCUT2D eigenvalue weighted by molar-refractivity contribution is 5.47. The molecule has 0 aliphatic carbocycles. The van der Waals surface area contributed by atoms with Gasteiger partial charge in [-0.05, 0) is 44.5 Å². The van der Waals surface area contributed by atoms with Crippen LogP contribution in [0.4, 0.5) is 5.95 Å². The number of likely N-dealkylation sites (N-methyl/N-ethyl adjacent to an activating group) is 1. The summed E-state index contributed by atoms with van der Waals surface area (Å²) in [5, 5.41) is 7.82. The molecule has 96 valence electrons. The molecule has 1 fully saturated rings. The van der Waals surface area contributed by atoms with Crippen molar-refractivity contribution in [2.75, 3.05) is 25.0 Å². The van der Waals surface area contributed by atoms with Crippen LogP contribution in [0.15, 0.2) is 18.3 Å². The summed E-state index contributed by atoms with van der Waals surface area (Å²) in [6.07, 6.45) is 4.42. The van der Waals surface area contributed by atoms with E-state index in [1.807, 2.05) is 17.8 Å². The minimum absolute atomic E-state index is 0.522. The maximum Gasteiger partial charge on any atom is 0.245 e. The lowest BCUT2D eigenvalue weighted by Gasteiger charge is -2.22. The fraction of sp³-hybridized carbons (Fsp3) is 0.538. The summed E-state index contributed by atoms with van der Waals surface area (Å²) in [4.78, 5) is 6.96. The van der Waals surface area contributed by atoms with Gasteiger partial charge in [0.1, 0.15) is 0 Å². The lowest BCUT2D eigenvalue weighted by molar-refractivity contribution is 0.607. The molecule has 5 nitrogen and oxygen atoms in total. The second kappa shape index (κ2) is 4.57. The molecule has 1 aliphatic rings. The summed E-state index contributed by atoms with van der Waals surface area (Å²) in [5.41, 5.74) is 2.15. The zero-order valence-corrected chi connectivity index (χ0v) is 10.9. The third kappa shape index (κ3) is 1.95. The molecule has 3 rings (SSSR count). The molecule has 0 aromatic carbocycles. The van der Waals surface area contributed by atoms with Gasteiger partial charge in [-0.2, -0.15) is 4.98 Å². The fourth-order valence-electron chi connectivity index (χ4n) is 2.64. The number of nitrogens with zero attached hydrogens (tertiary/aromatic N) is 4. The Hall–Kier alpha value is -1.62. The van der Waals surface area contributed by atoms with Crippen molar-refractivity contribution in [1.82, 2.24) is 19.9 Å². The highest BCUT2D eigenvalue weighted by Crippen LogP contribution is 2.22. The number of nitrogens with one attached hydrogen (secondary N) is 1. The molecule has 18 heavy (non-hydrogen) atoms. The van der Waals surface area contributed by atoms with E-state index in [4.69, 9.17) is 0 Å². The largest absolute Gasteiger partial charge is 0.335 e. The van der Waals surface area contributed by atoms with Crippen molar-refractivity contribution in [2.24, 2.45) is 0 Å². The van der Waals surface area contributed by atoms with Crippen LogP contribution < -0.4 is 10.2 Å². The van der Waals surface area contributed by atoms with Gasteiger partial charge in [0.25, 0.3) is 0 Å². The Morgan fingerprint density at radius 2 is 2.39 bits per heavy atom. The molecule has 1 unspecified atom stereocenters. The third-order valence-corrected chi connectivity index (χ3v) is 3.56. The van der Waals surface area contributed by atoms with Gasteiger partial charge in [0.2, 0.25) is 5.95 Å². The van der Waals surface area contributed by atoms with Crippen LogP contribution in [0.2, 0.25) is 0 Å². The lowest BCUT2D eigenvalue weighted by atomic mass is 10.2. The normalized spacial score (nSPS) is 19.9. The average molecular weight is 245 g/mol. The first-order chi connectivity index (χ1) is 8.78. The molecule has 1 atom stereocenters. The Kier molecular flexibility index (Phi) is 2.91. The van der Waals surface area contributed by atoms with Crippen LogP contribution in [-0.2, 0) is 0 Å². The van der Waals surface area contributed by atoms with Crippen LogP contribution in [0.1, 0.15) is 18.4 Å². The molecule has 0 amide bonds. The molecule has 1 N–H and O–H groups in total. The third-order valence-electron chi connectivity index (χ3n) is 3.56. The standard InChI is InChI=1S/C13H19N5/c1-10-5-7-18-12(8-10)15-13(16-18)17-6-3-4-11(17)9-14-2/h5,7-8,11,14H,3-4,6,9H2,1-2H3. The van der Waals surface area contributed by atoms with E-state index in [1.165, 1.54) is 18.4 Å². The Bertz CT molecular complexity index is 547. The zero-order chi connectivity index (χ0) is 12.5. The van der Waals surface area contributed by atoms with Crippen molar-refractivity contribution in [3.63, 3.8) is 0 Å². The van der Waals surface area contributed by atoms with Crippen LogP contribution in [0.25, 0.3) is 5.65 Å². The molecule has 0 spiro atoms. The second-order valence-electron chi connectivity index (χ2n) is 4.97. The van der Waals surface area contributed by atoms with Crippen molar-refractivity contribution < 1.29 is 0 Å². The van der Waals surface area contributed by atoms with Gasteiger partial charge >= 0.3 is 0 Å². The number of fused-ring (bicyclic) bond motifs is 1. The lowest BCUT2D eigenvalue weighted by Crippen LogP contribution is -2.37. The minimum atomic E-state index is 0.522. The van der Waals surface area contributed by atoms with E-state index in [-0.39, 0.29) is 0 Å². The molecular formula is C13H19N5. The average Bonchev–Trinajstić information content (AvgIpc) is 2.94. The number of aromatic nitrogens is 3. The van der Waals surface area contributed by atoms with Crippen LogP contribution in [0.5, 0.6) is 0 Å². The van der Waals surface area contributed by atoms with Crippen molar-refractivity contribution in [1.29, 1.82) is 0 Å². The van der Waals surface area contributed by atoms with Crippen LogP contribution in [0, 0.1) is 6.92 Å². The monoisotopic (exact) mass is 245 g/mol. The van der Waals surface area contributed by atoms with Gasteiger partial charge < -0.3 is 10.2 Å². The predicted molar refractivity (Wildman–Crippen MR) is 72.0 cm³/mol. The molecule has 5 heteroatoms. The molecule has 0 bridgehead atoms. The summed E-state index contributed by atoms with van der Waals surface area (Å²) < 4.78 is 1.86. The Labute approximate surface area is 107 Å². The molecule has 0 radical (unpaired) electrons. The number of hydrogen-bond donors (Lipinski definition) is 1. The number of anilines is 1. The number of aryl methyl sites for hydroxylation is 1. The predicted octanol–water partition coefficient (Wildman–Crippen LogP) is 1.23. The number of hydrogen-bond acceptors (Lipinski definition) is 4. The van der Waals surface area contributed by atoms with Crippen LogP contribution in [-0.4, -0.2) is 40.8 Å². The SMILES string of the molecule is CNCC1CCCN1c1nc2cc(C)ccn2n1. The van der Waals surface area contributed by atoms with Crippen LogP contribution in [0.3, 0.4) is 0 Å². The Morgan fingerprint density at radius 3 is 3.22 bits per heavy atom. The van der Waals surface area contributed by atoms with E-state index in [9.17, 15) is 0 Å². The van der Waals surface area contributed by atoms with Crippen molar-refractivity contribution in [3.05, 3.63) is 23.9 Å². The van der Waals surface area contributed by atoms with Gasteiger partial charge in [-0.25, -0.2) is 4.52 Å². The zero-order valence-electron chi connectivity index (χ0n) is 10.9. The maximum atomic E-state index is 4.64. The summed E-state index contributed by atoms with van der Waals surface area (Å²) >= 11 is 0. The van der Waals surface area contributed by atoms with Gasteiger partial charge in [-0.3, -0.25) is 0 Å². The van der Waals surface area contributed by atoms with E-state index in [2.05, 4.69) is 39.4 Å². The first-order valence-electron chi connectivity index (χ1n) is 6.52. The highest BCUT2D eigenvalue weighted by Gasteiger charge is 2.26. The molecule has 1 saturated heterocycles. The van der Waals surface area contributed by atoms with E-state index in [1.54, 1.807) is 0 Å². The first-order valence-corrected chi connectivity index (χ1v) is 6.52. The second-order valence-corrected chi connectivity index (χ2v) is 4.97. The summed E-state index contributed by atoms with van der Waals surface area (Å²) in [7, 11) is 2.00. The van der Waals surface area contributed by atoms with Gasteiger partial charge in [0.05, 0.1) is 0 Å². The van der Waals surface area contributed by atoms with Gasteiger partial charge in [0.15, 0.2) is 5.65 Å². The van der Waals surface area contributed by atoms with Gasteiger partial charge in [0, 0.05) is 25.3 Å². The Balaban J connectivity index is 1.93. The van der Waals surface area contributed by atoms with E-state index in [0.717, 1.165) is 24.7 Å². The van der Waals surface area contributed by atoms with E-state index < -0.39 is 0 Å². The minimum Gasteiger partial charge on any atom is -0.335 e. The number of rotatable bonds is 3. The van der Waals surface area contributed by atoms with Gasteiger partial charge in [-0.1, -0.05) is 0 Å². The molecule has 2 aromatic heterocycles. The van der Waals surface area contributed by atoms with Gasteiger partial charge in [-0.15, -0.1) is 5.10 Å². The van der Waals surface area contributed by atoms with E-state index in [0.29, 0.717) is 6.04 Å². The molecule has 1 aliphatic heterocycles.